The van der Waals surface area contributed by atoms with Gasteiger partial charge < -0.3 is 10.4 Å². The fourth-order valence-corrected chi connectivity index (χ4v) is 1.35. The molecule has 0 radical (unpaired) electrons. The van der Waals surface area contributed by atoms with E-state index in [1.807, 2.05) is 13.0 Å². The van der Waals surface area contributed by atoms with Crippen LogP contribution in [0.25, 0.3) is 0 Å². The van der Waals surface area contributed by atoms with Crippen molar-refractivity contribution in [3.05, 3.63) is 23.5 Å². The maximum atomic E-state index is 10.4. The molecule has 0 bridgehead atoms. The summed E-state index contributed by atoms with van der Waals surface area (Å²) in [5.41, 5.74) is 0.733. The van der Waals surface area contributed by atoms with Gasteiger partial charge >= 0.3 is 5.97 Å². The second-order valence-corrected chi connectivity index (χ2v) is 3.68. The van der Waals surface area contributed by atoms with Crippen LogP contribution in [0.4, 0.5) is 5.69 Å². The third kappa shape index (κ3) is 4.16. The first-order valence-corrected chi connectivity index (χ1v) is 5.06. The summed E-state index contributed by atoms with van der Waals surface area (Å²) in [5, 5.41) is 12.0. The molecule has 2 N–H and O–H groups in total. The summed E-state index contributed by atoms with van der Waals surface area (Å²) in [7, 11) is 0. The second-order valence-electron chi connectivity index (χ2n) is 3.32. The smallest absolute Gasteiger partial charge is 0.303 e. The molecule has 1 aromatic rings. The number of pyridine rings is 1. The predicted octanol–water partition coefficient (Wildman–Crippen LogP) is 2.40. The lowest BCUT2D eigenvalue weighted by molar-refractivity contribution is -0.137. The highest BCUT2D eigenvalue weighted by molar-refractivity contribution is 6.31. The van der Waals surface area contributed by atoms with Crippen molar-refractivity contribution in [1.82, 2.24) is 4.98 Å². The quantitative estimate of drug-likeness (QED) is 0.760. The van der Waals surface area contributed by atoms with Crippen molar-refractivity contribution in [2.24, 2.45) is 0 Å². The van der Waals surface area contributed by atoms with Crippen molar-refractivity contribution in [3.63, 3.8) is 0 Å². The number of hydrogen-bond donors (Lipinski definition) is 2. The molecule has 82 valence electrons. The zero-order valence-corrected chi connectivity index (χ0v) is 9.16. The molecule has 4 nitrogen and oxygen atoms in total. The van der Waals surface area contributed by atoms with Crippen LogP contribution in [0.1, 0.15) is 19.8 Å². The van der Waals surface area contributed by atoms with Crippen LogP contribution in [-0.2, 0) is 4.79 Å². The molecule has 1 rings (SSSR count). The molecule has 1 heterocycles. The Balaban J connectivity index is 2.47. The number of carbonyl (C=O) groups is 1. The van der Waals surface area contributed by atoms with E-state index in [0.29, 0.717) is 11.6 Å². The van der Waals surface area contributed by atoms with Gasteiger partial charge in [0.25, 0.3) is 0 Å². The SMILES string of the molecule is CC(CCC(=O)O)Nc1cccnc1Cl. The zero-order valence-electron chi connectivity index (χ0n) is 8.40. The van der Waals surface area contributed by atoms with E-state index in [2.05, 4.69) is 10.3 Å². The maximum Gasteiger partial charge on any atom is 0.303 e. The largest absolute Gasteiger partial charge is 0.481 e. The van der Waals surface area contributed by atoms with E-state index in [0.717, 1.165) is 5.69 Å². The normalized spacial score (nSPS) is 12.1. The number of rotatable bonds is 5. The molecule has 0 spiro atoms. The number of anilines is 1. The van der Waals surface area contributed by atoms with Gasteiger partial charge in [-0.05, 0) is 25.5 Å². The number of nitrogens with one attached hydrogen (secondary N) is 1. The molecular weight excluding hydrogens is 216 g/mol. The summed E-state index contributed by atoms with van der Waals surface area (Å²) in [6.45, 7) is 1.91. The van der Waals surface area contributed by atoms with Crippen molar-refractivity contribution in [2.45, 2.75) is 25.8 Å². The highest BCUT2D eigenvalue weighted by atomic mass is 35.5. The average Bonchev–Trinajstić information content (AvgIpc) is 2.18. The first-order valence-electron chi connectivity index (χ1n) is 4.68. The van der Waals surface area contributed by atoms with Gasteiger partial charge in [-0.1, -0.05) is 11.6 Å². The number of carboxylic acid groups (broad SMARTS) is 1. The van der Waals surface area contributed by atoms with Crippen LogP contribution >= 0.6 is 11.6 Å². The molecule has 0 aliphatic carbocycles. The number of carboxylic acids is 1. The molecule has 5 heteroatoms. The average molecular weight is 229 g/mol. The zero-order chi connectivity index (χ0) is 11.3. The first-order chi connectivity index (χ1) is 7.09. The van der Waals surface area contributed by atoms with Crippen LogP contribution in [0.2, 0.25) is 5.15 Å². The monoisotopic (exact) mass is 228 g/mol. The van der Waals surface area contributed by atoms with E-state index in [9.17, 15) is 4.79 Å². The van der Waals surface area contributed by atoms with Crippen molar-refractivity contribution in [2.75, 3.05) is 5.32 Å². The Bertz CT molecular complexity index is 344. The van der Waals surface area contributed by atoms with Gasteiger partial charge in [0.05, 0.1) is 5.69 Å². The molecule has 0 fully saturated rings. The van der Waals surface area contributed by atoms with Crippen molar-refractivity contribution in [1.29, 1.82) is 0 Å². The lowest BCUT2D eigenvalue weighted by Gasteiger charge is -2.14. The van der Waals surface area contributed by atoms with Gasteiger partial charge in [0.1, 0.15) is 0 Å². The van der Waals surface area contributed by atoms with E-state index in [4.69, 9.17) is 16.7 Å². The van der Waals surface area contributed by atoms with E-state index in [1.165, 1.54) is 0 Å². The highest BCUT2D eigenvalue weighted by Gasteiger charge is 2.07. The number of aliphatic carboxylic acids is 1. The van der Waals surface area contributed by atoms with Crippen LogP contribution in [0.5, 0.6) is 0 Å². The molecule has 1 atom stereocenters. The lowest BCUT2D eigenvalue weighted by Crippen LogP contribution is -2.16. The third-order valence-corrected chi connectivity index (χ3v) is 2.25. The van der Waals surface area contributed by atoms with Crippen LogP contribution in [-0.4, -0.2) is 22.1 Å². The van der Waals surface area contributed by atoms with Crippen LogP contribution in [0.3, 0.4) is 0 Å². The Morgan fingerprint density at radius 1 is 1.73 bits per heavy atom. The molecule has 15 heavy (non-hydrogen) atoms. The first kappa shape index (κ1) is 11.8. The number of halogens is 1. The van der Waals surface area contributed by atoms with Gasteiger partial charge in [-0.25, -0.2) is 4.98 Å². The Labute approximate surface area is 93.3 Å². The number of hydrogen-bond acceptors (Lipinski definition) is 3. The minimum Gasteiger partial charge on any atom is -0.481 e. The molecule has 0 aromatic carbocycles. The second kappa shape index (κ2) is 5.56. The van der Waals surface area contributed by atoms with Gasteiger partial charge in [-0.15, -0.1) is 0 Å². The Morgan fingerprint density at radius 2 is 2.47 bits per heavy atom. The molecule has 0 aliphatic rings. The van der Waals surface area contributed by atoms with E-state index in [-0.39, 0.29) is 12.5 Å². The van der Waals surface area contributed by atoms with Crippen molar-refractivity contribution in [3.8, 4) is 0 Å². The van der Waals surface area contributed by atoms with E-state index >= 15 is 0 Å². The molecule has 0 saturated heterocycles. The van der Waals surface area contributed by atoms with Crippen molar-refractivity contribution >= 4 is 23.3 Å². The highest BCUT2D eigenvalue weighted by Crippen LogP contribution is 2.19. The third-order valence-electron chi connectivity index (χ3n) is 1.95. The Morgan fingerprint density at radius 3 is 3.07 bits per heavy atom. The maximum absolute atomic E-state index is 10.4. The van der Waals surface area contributed by atoms with Gasteiger partial charge in [0, 0.05) is 18.7 Å². The number of nitrogens with zero attached hydrogens (tertiary/aromatic N) is 1. The minimum atomic E-state index is -0.791. The summed E-state index contributed by atoms with van der Waals surface area (Å²) in [6, 6.07) is 3.65. The fourth-order valence-electron chi connectivity index (χ4n) is 1.17. The lowest BCUT2D eigenvalue weighted by atomic mass is 10.2. The molecule has 0 amide bonds. The Kier molecular flexibility index (Phi) is 4.37. The van der Waals surface area contributed by atoms with Gasteiger partial charge in [-0.3, -0.25) is 4.79 Å². The molecule has 1 unspecified atom stereocenters. The van der Waals surface area contributed by atoms with Crippen LogP contribution in [0.15, 0.2) is 18.3 Å². The summed E-state index contributed by atoms with van der Waals surface area (Å²) >= 11 is 5.84. The van der Waals surface area contributed by atoms with Crippen LogP contribution in [0, 0.1) is 0 Å². The summed E-state index contributed by atoms with van der Waals surface area (Å²) in [5.74, 6) is -0.791. The molecule has 0 aliphatic heterocycles. The van der Waals surface area contributed by atoms with Crippen molar-refractivity contribution < 1.29 is 9.90 Å². The minimum absolute atomic E-state index is 0.0581. The summed E-state index contributed by atoms with van der Waals surface area (Å²) < 4.78 is 0. The molecular formula is C10H13ClN2O2. The standard InChI is InChI=1S/C10H13ClN2O2/c1-7(4-5-9(14)15)13-8-3-2-6-12-10(8)11/h2-3,6-7,13H,4-5H2,1H3,(H,14,15). The topological polar surface area (TPSA) is 62.2 Å². The summed E-state index contributed by atoms with van der Waals surface area (Å²) in [4.78, 5) is 14.3. The summed E-state index contributed by atoms with van der Waals surface area (Å²) in [6.07, 6.45) is 2.31. The number of aromatic nitrogens is 1. The van der Waals surface area contributed by atoms with Gasteiger partial charge in [0.2, 0.25) is 0 Å². The molecule has 1 aromatic heterocycles. The van der Waals surface area contributed by atoms with Gasteiger partial charge in [-0.2, -0.15) is 0 Å². The fraction of sp³-hybridized carbons (Fsp3) is 0.400. The predicted molar refractivity (Wildman–Crippen MR) is 59.2 cm³/mol. The Hall–Kier alpha value is -1.29. The van der Waals surface area contributed by atoms with E-state index < -0.39 is 5.97 Å². The van der Waals surface area contributed by atoms with Crippen LogP contribution < -0.4 is 5.32 Å². The van der Waals surface area contributed by atoms with Gasteiger partial charge in [0.15, 0.2) is 5.15 Å². The molecule has 0 saturated carbocycles. The van der Waals surface area contributed by atoms with E-state index in [1.54, 1.807) is 12.3 Å².